The minimum atomic E-state index is -0.540. The first-order valence-corrected chi connectivity index (χ1v) is 13.9. The van der Waals surface area contributed by atoms with Crippen LogP contribution in [0.2, 0.25) is 16.6 Å². The van der Waals surface area contributed by atoms with E-state index in [9.17, 15) is 0 Å². The molecule has 0 aliphatic carbocycles. The van der Waals surface area contributed by atoms with Crippen LogP contribution in [-0.4, -0.2) is 89.0 Å². The van der Waals surface area contributed by atoms with E-state index >= 15 is 0 Å². The van der Waals surface area contributed by atoms with Gasteiger partial charge in [0.25, 0.3) is 0 Å². The molecule has 0 N–H and O–H groups in total. The van der Waals surface area contributed by atoms with Gasteiger partial charge in [-0.25, -0.2) is 0 Å². The van der Waals surface area contributed by atoms with E-state index in [1.54, 1.807) is 42.7 Å². The van der Waals surface area contributed by atoms with E-state index in [-0.39, 0.29) is 17.7 Å². The molecule has 0 amide bonds. The van der Waals surface area contributed by atoms with Gasteiger partial charge in [-0.15, -0.1) is 0 Å². The van der Waals surface area contributed by atoms with Crippen LogP contribution >= 0.6 is 0 Å². The fraction of sp³-hybridized carbons (Fsp3) is 1.00. The van der Waals surface area contributed by atoms with Gasteiger partial charge in [0, 0.05) is 42.7 Å². The zero-order valence-electron chi connectivity index (χ0n) is 17.6. The third-order valence-corrected chi connectivity index (χ3v) is 12.3. The molecule has 3 atom stereocenters. The van der Waals surface area contributed by atoms with Crippen molar-refractivity contribution in [3.05, 3.63) is 0 Å². The topological polar surface area (TPSA) is 55.4 Å². The Labute approximate surface area is 161 Å². The van der Waals surface area contributed by atoms with Gasteiger partial charge in [0.2, 0.25) is 0 Å². The standard InChI is InChI=1S/C16H40O6Si3/c1-10(23-14(17-4)18-5)13(11(2)24-15(19-6)20-7)12(3)25-16(21-8)22-9/h10-16H,23-25H2,1-9H3. The molecule has 0 heterocycles. The monoisotopic (exact) mass is 412 g/mol. The zero-order valence-corrected chi connectivity index (χ0v) is 21.9. The van der Waals surface area contributed by atoms with Crippen molar-refractivity contribution < 1.29 is 28.4 Å². The number of rotatable bonds is 15. The smallest absolute Gasteiger partial charge is 0.134 e. The molecular formula is C16H40O6Si3. The summed E-state index contributed by atoms with van der Waals surface area (Å²) < 4.78 is 32.9. The Bertz CT molecular complexity index is 267. The number of hydrogen-bond acceptors (Lipinski definition) is 6. The van der Waals surface area contributed by atoms with Gasteiger partial charge in [-0.2, -0.15) is 0 Å². The Morgan fingerprint density at radius 3 is 0.800 bits per heavy atom. The molecular weight excluding hydrogens is 372 g/mol. The zero-order chi connectivity index (χ0) is 19.4. The molecule has 0 bridgehead atoms. The first-order valence-electron chi connectivity index (χ1n) is 9.05. The lowest BCUT2D eigenvalue weighted by atomic mass is 9.98. The highest BCUT2D eigenvalue weighted by Crippen LogP contribution is 2.39. The van der Waals surface area contributed by atoms with Crippen LogP contribution in [0.1, 0.15) is 20.8 Å². The molecule has 0 aromatic heterocycles. The van der Waals surface area contributed by atoms with E-state index in [0.29, 0.717) is 22.5 Å². The van der Waals surface area contributed by atoms with Crippen molar-refractivity contribution in [3.8, 4) is 0 Å². The van der Waals surface area contributed by atoms with Crippen LogP contribution in [0.25, 0.3) is 0 Å². The maximum absolute atomic E-state index is 5.49. The van der Waals surface area contributed by atoms with Crippen LogP contribution in [-0.2, 0) is 28.4 Å². The fourth-order valence-electron chi connectivity index (χ4n) is 3.93. The summed E-state index contributed by atoms with van der Waals surface area (Å²) in [6.07, 6.45) is 0. The lowest BCUT2D eigenvalue weighted by Crippen LogP contribution is -2.37. The molecule has 0 spiro atoms. The predicted molar refractivity (Wildman–Crippen MR) is 111 cm³/mol. The summed E-state index contributed by atoms with van der Waals surface area (Å²) in [5, 5.41) is 0. The van der Waals surface area contributed by atoms with E-state index in [2.05, 4.69) is 20.8 Å². The van der Waals surface area contributed by atoms with Gasteiger partial charge in [-0.05, 0) is 22.5 Å². The molecule has 0 aliphatic rings. The largest absolute Gasteiger partial charge is 0.360 e. The molecule has 0 fully saturated rings. The molecule has 3 unspecified atom stereocenters. The molecule has 25 heavy (non-hydrogen) atoms. The van der Waals surface area contributed by atoms with Crippen LogP contribution < -0.4 is 0 Å². The third kappa shape index (κ3) is 9.25. The average molecular weight is 413 g/mol. The Kier molecular flexibility index (Phi) is 14.7. The van der Waals surface area contributed by atoms with E-state index in [1.165, 1.54) is 0 Å². The van der Waals surface area contributed by atoms with Crippen molar-refractivity contribution in [2.45, 2.75) is 55.1 Å². The van der Waals surface area contributed by atoms with Gasteiger partial charge in [-0.3, -0.25) is 0 Å². The quantitative estimate of drug-likeness (QED) is 0.284. The molecule has 0 saturated heterocycles. The molecule has 0 aliphatic heterocycles. The van der Waals surface area contributed by atoms with Crippen molar-refractivity contribution in [2.24, 2.45) is 5.92 Å². The van der Waals surface area contributed by atoms with Gasteiger partial charge < -0.3 is 28.4 Å². The highest BCUT2D eigenvalue weighted by molar-refractivity contribution is 6.43. The minimum absolute atomic E-state index is 0.0264. The summed E-state index contributed by atoms with van der Waals surface area (Å²) in [6, 6.07) is 0. The first-order chi connectivity index (χ1) is 11.9. The molecule has 152 valence electrons. The second kappa shape index (κ2) is 14.5. The van der Waals surface area contributed by atoms with Crippen LogP contribution in [0.5, 0.6) is 0 Å². The molecule has 0 saturated carbocycles. The van der Waals surface area contributed by atoms with Gasteiger partial charge in [0.05, 0.1) is 28.6 Å². The first kappa shape index (κ1) is 25.4. The Morgan fingerprint density at radius 2 is 0.640 bits per heavy atom. The maximum Gasteiger partial charge on any atom is 0.134 e. The highest BCUT2D eigenvalue weighted by atomic mass is 28.2. The molecule has 0 radical (unpaired) electrons. The lowest BCUT2D eigenvalue weighted by Gasteiger charge is -2.37. The van der Waals surface area contributed by atoms with Crippen molar-refractivity contribution in [1.82, 2.24) is 0 Å². The van der Waals surface area contributed by atoms with Crippen LogP contribution in [0.3, 0.4) is 0 Å². The number of hydrogen-bond donors (Lipinski definition) is 0. The van der Waals surface area contributed by atoms with Crippen molar-refractivity contribution in [1.29, 1.82) is 0 Å². The van der Waals surface area contributed by atoms with E-state index in [4.69, 9.17) is 28.4 Å². The second-order valence-electron chi connectivity index (χ2n) is 6.92. The second-order valence-corrected chi connectivity index (χ2v) is 14.2. The van der Waals surface area contributed by atoms with E-state index in [1.807, 2.05) is 0 Å². The average Bonchev–Trinajstić information content (AvgIpc) is 2.61. The van der Waals surface area contributed by atoms with Gasteiger partial charge in [-0.1, -0.05) is 20.8 Å². The summed E-state index contributed by atoms with van der Waals surface area (Å²) >= 11 is 0. The molecule has 6 nitrogen and oxygen atoms in total. The van der Waals surface area contributed by atoms with Crippen LogP contribution in [0.4, 0.5) is 0 Å². The van der Waals surface area contributed by atoms with Gasteiger partial charge in [0.15, 0.2) is 0 Å². The number of methoxy groups -OCH3 is 6. The van der Waals surface area contributed by atoms with Crippen LogP contribution in [0, 0.1) is 5.92 Å². The summed E-state index contributed by atoms with van der Waals surface area (Å²) in [5.74, 6) is 0.531. The highest BCUT2D eigenvalue weighted by Gasteiger charge is 2.34. The maximum atomic E-state index is 5.49. The van der Waals surface area contributed by atoms with Crippen molar-refractivity contribution >= 4 is 28.6 Å². The summed E-state index contributed by atoms with van der Waals surface area (Å²) in [7, 11) is 8.78. The lowest BCUT2D eigenvalue weighted by molar-refractivity contribution is -0.0472. The summed E-state index contributed by atoms with van der Waals surface area (Å²) in [4.78, 5) is 0. The Hall–Kier alpha value is 0.411. The van der Waals surface area contributed by atoms with E-state index in [0.717, 1.165) is 0 Å². The van der Waals surface area contributed by atoms with Gasteiger partial charge in [0.1, 0.15) is 17.7 Å². The van der Waals surface area contributed by atoms with Crippen LogP contribution in [0.15, 0.2) is 0 Å². The molecule has 0 aromatic carbocycles. The third-order valence-electron chi connectivity index (χ3n) is 5.24. The fourth-order valence-corrected chi connectivity index (χ4v) is 11.8. The summed E-state index contributed by atoms with van der Waals surface area (Å²) in [6.45, 7) is 7.09. The molecule has 0 aromatic rings. The van der Waals surface area contributed by atoms with Gasteiger partial charge >= 0.3 is 0 Å². The summed E-state index contributed by atoms with van der Waals surface area (Å²) in [5.41, 5.74) is 1.83. The predicted octanol–water partition coefficient (Wildman–Crippen LogP) is 0.263. The van der Waals surface area contributed by atoms with Crippen molar-refractivity contribution in [3.63, 3.8) is 0 Å². The number of ether oxygens (including phenoxy) is 6. The normalized spacial score (nSPS) is 18.7. The minimum Gasteiger partial charge on any atom is -0.360 e. The van der Waals surface area contributed by atoms with E-state index < -0.39 is 28.6 Å². The SMILES string of the molecule is COC(OC)[SiH2]C(C)C(C(C)[SiH2]C(OC)OC)C(C)[SiH2]C(OC)OC. The Balaban J connectivity index is 5.18. The molecule has 9 heteroatoms. The molecule has 0 rings (SSSR count). The van der Waals surface area contributed by atoms with Crippen molar-refractivity contribution in [2.75, 3.05) is 42.7 Å². The Morgan fingerprint density at radius 1 is 0.440 bits per heavy atom.